The van der Waals surface area contributed by atoms with Crippen LogP contribution in [0.15, 0.2) is 65.1 Å². The number of aromatic nitrogens is 1. The Hall–Kier alpha value is -3.23. The van der Waals surface area contributed by atoms with Crippen molar-refractivity contribution in [2.75, 3.05) is 34.3 Å². The van der Waals surface area contributed by atoms with Gasteiger partial charge in [-0.15, -0.1) is 11.3 Å². The van der Waals surface area contributed by atoms with Crippen LogP contribution in [0, 0.1) is 0 Å². The molecule has 0 saturated carbocycles. The van der Waals surface area contributed by atoms with E-state index in [4.69, 9.17) is 4.74 Å². The molecule has 0 saturated heterocycles. The van der Waals surface area contributed by atoms with Crippen LogP contribution >= 0.6 is 11.3 Å². The van der Waals surface area contributed by atoms with Gasteiger partial charge in [0, 0.05) is 35.8 Å². The van der Waals surface area contributed by atoms with E-state index in [1.54, 1.807) is 31.4 Å². The van der Waals surface area contributed by atoms with Gasteiger partial charge < -0.3 is 19.5 Å². The van der Waals surface area contributed by atoms with Gasteiger partial charge in [0.05, 0.1) is 13.7 Å². The number of carbonyl (C=O) groups is 2. The van der Waals surface area contributed by atoms with E-state index in [-0.39, 0.29) is 11.8 Å². The molecule has 3 aromatic rings. The zero-order valence-corrected chi connectivity index (χ0v) is 18.7. The number of hydrogen-bond acceptors (Lipinski definition) is 5. The first-order valence-corrected chi connectivity index (χ1v) is 10.7. The monoisotopic (exact) mass is 438 g/mol. The average Bonchev–Trinajstić information content (AvgIpc) is 3.20. The third kappa shape index (κ3) is 6.13. The number of ether oxygens (including phenoxy) is 1. The second-order valence-electron chi connectivity index (χ2n) is 7.18. The molecule has 0 atom stereocenters. The first-order valence-electron chi connectivity index (χ1n) is 9.86. The van der Waals surface area contributed by atoms with E-state index in [0.29, 0.717) is 34.8 Å². The first kappa shape index (κ1) is 22.5. The van der Waals surface area contributed by atoms with Crippen molar-refractivity contribution in [1.82, 2.24) is 14.8 Å². The quantitative estimate of drug-likeness (QED) is 0.587. The van der Waals surface area contributed by atoms with Gasteiger partial charge in [-0.05, 0) is 43.9 Å². The largest absolute Gasteiger partial charge is 0.497 e. The predicted octanol–water partition coefficient (Wildman–Crippen LogP) is 2.64. The van der Waals surface area contributed by atoms with Crippen LogP contribution in [-0.4, -0.2) is 55.6 Å². The maximum absolute atomic E-state index is 12.7. The van der Waals surface area contributed by atoms with Gasteiger partial charge in [0.15, 0.2) is 4.80 Å². The van der Waals surface area contributed by atoms with Gasteiger partial charge in [0.25, 0.3) is 11.8 Å². The Morgan fingerprint density at radius 2 is 1.97 bits per heavy atom. The second kappa shape index (κ2) is 10.7. The van der Waals surface area contributed by atoms with Crippen LogP contribution in [0.4, 0.5) is 0 Å². The summed E-state index contributed by atoms with van der Waals surface area (Å²) in [7, 11) is 5.48. The number of amides is 2. The Labute approximate surface area is 185 Å². The van der Waals surface area contributed by atoms with Crippen molar-refractivity contribution in [3.05, 3.63) is 81.6 Å². The lowest BCUT2D eigenvalue weighted by molar-refractivity contribution is 0.0948. The average molecular weight is 439 g/mol. The van der Waals surface area contributed by atoms with Gasteiger partial charge in [-0.2, -0.15) is 4.99 Å². The topological polar surface area (TPSA) is 75.9 Å². The Kier molecular flexibility index (Phi) is 7.75. The summed E-state index contributed by atoms with van der Waals surface area (Å²) in [6, 6.07) is 14.4. The smallest absolute Gasteiger partial charge is 0.279 e. The van der Waals surface area contributed by atoms with E-state index < -0.39 is 0 Å². The van der Waals surface area contributed by atoms with Crippen LogP contribution in [0.25, 0.3) is 0 Å². The number of hydrogen-bond donors (Lipinski definition) is 1. The lowest BCUT2D eigenvalue weighted by Crippen LogP contribution is -2.32. The van der Waals surface area contributed by atoms with Crippen molar-refractivity contribution in [3.8, 4) is 5.75 Å². The van der Waals surface area contributed by atoms with E-state index in [1.165, 1.54) is 11.3 Å². The van der Waals surface area contributed by atoms with Crippen molar-refractivity contribution >= 4 is 23.2 Å². The van der Waals surface area contributed by atoms with E-state index in [1.807, 2.05) is 59.4 Å². The van der Waals surface area contributed by atoms with E-state index >= 15 is 0 Å². The third-order valence-electron chi connectivity index (χ3n) is 4.62. The Morgan fingerprint density at radius 1 is 1.16 bits per heavy atom. The van der Waals surface area contributed by atoms with Crippen molar-refractivity contribution < 1.29 is 14.3 Å². The summed E-state index contributed by atoms with van der Waals surface area (Å²) in [6.07, 6.45) is 1.86. The van der Waals surface area contributed by atoms with E-state index in [0.717, 1.165) is 12.1 Å². The first-order chi connectivity index (χ1) is 15.0. The summed E-state index contributed by atoms with van der Waals surface area (Å²) in [4.78, 5) is 32.2. The molecule has 8 heteroatoms. The maximum Gasteiger partial charge on any atom is 0.279 e. The molecule has 2 amide bonds. The van der Waals surface area contributed by atoms with Gasteiger partial charge in [0.2, 0.25) is 0 Å². The minimum atomic E-state index is -0.343. The Morgan fingerprint density at radius 3 is 2.74 bits per heavy atom. The van der Waals surface area contributed by atoms with Gasteiger partial charge in [-0.1, -0.05) is 24.3 Å². The molecule has 1 heterocycles. The normalized spacial score (nSPS) is 11.5. The highest BCUT2D eigenvalue weighted by Crippen LogP contribution is 2.14. The molecule has 0 aliphatic carbocycles. The van der Waals surface area contributed by atoms with Crippen molar-refractivity contribution in [1.29, 1.82) is 0 Å². The molecule has 0 bridgehead atoms. The molecule has 2 aromatic carbocycles. The number of likely N-dealkylation sites (N-methyl/N-ethyl adjacent to an activating group) is 1. The van der Waals surface area contributed by atoms with Crippen molar-refractivity contribution in [3.63, 3.8) is 0 Å². The highest BCUT2D eigenvalue weighted by Gasteiger charge is 2.12. The molecule has 0 unspecified atom stereocenters. The number of nitrogens with zero attached hydrogens (tertiary/aromatic N) is 3. The number of benzene rings is 2. The van der Waals surface area contributed by atoms with E-state index in [2.05, 4.69) is 10.3 Å². The predicted molar refractivity (Wildman–Crippen MR) is 122 cm³/mol. The lowest BCUT2D eigenvalue weighted by Gasteiger charge is -2.13. The molecule has 3 rings (SSSR count). The molecule has 7 nitrogen and oxygen atoms in total. The van der Waals surface area contributed by atoms with Crippen LogP contribution in [0.1, 0.15) is 26.3 Å². The number of rotatable bonds is 8. The third-order valence-corrected chi connectivity index (χ3v) is 5.42. The number of thiazole rings is 1. The van der Waals surface area contributed by atoms with Gasteiger partial charge in [-0.3, -0.25) is 9.59 Å². The fourth-order valence-electron chi connectivity index (χ4n) is 2.97. The zero-order valence-electron chi connectivity index (χ0n) is 17.9. The number of carbonyl (C=O) groups excluding carboxylic acids is 2. The Balaban J connectivity index is 1.81. The van der Waals surface area contributed by atoms with Crippen molar-refractivity contribution in [2.24, 2.45) is 4.99 Å². The molecule has 0 aliphatic heterocycles. The van der Waals surface area contributed by atoms with E-state index in [9.17, 15) is 9.59 Å². The second-order valence-corrected chi connectivity index (χ2v) is 8.05. The summed E-state index contributed by atoms with van der Waals surface area (Å²) in [5, 5.41) is 4.83. The summed E-state index contributed by atoms with van der Waals surface area (Å²) < 4.78 is 7.05. The van der Waals surface area contributed by atoms with Crippen LogP contribution < -0.4 is 14.9 Å². The highest BCUT2D eigenvalue weighted by atomic mass is 32.1. The van der Waals surface area contributed by atoms with Crippen LogP contribution in [-0.2, 0) is 6.54 Å². The molecule has 1 aromatic heterocycles. The standard InChI is InChI=1S/C23H26N4O3S/c1-26(2)12-11-24-22(29)20-10-5-4-7-18(20)16-27-13-14-31-23(27)25-21(28)17-8-6-9-19(15-17)30-3/h4-10,13-15H,11-12,16H2,1-3H3,(H,24,29). The zero-order chi connectivity index (χ0) is 22.2. The summed E-state index contributed by atoms with van der Waals surface area (Å²) in [6.45, 7) is 1.77. The van der Waals surface area contributed by atoms with Crippen LogP contribution in [0.2, 0.25) is 0 Å². The molecule has 162 valence electrons. The Bertz CT molecular complexity index is 1120. The van der Waals surface area contributed by atoms with Crippen LogP contribution in [0.5, 0.6) is 5.75 Å². The number of nitrogens with one attached hydrogen (secondary N) is 1. The molecule has 0 radical (unpaired) electrons. The fourth-order valence-corrected chi connectivity index (χ4v) is 3.69. The molecule has 31 heavy (non-hydrogen) atoms. The minimum Gasteiger partial charge on any atom is -0.497 e. The summed E-state index contributed by atoms with van der Waals surface area (Å²) in [5.41, 5.74) is 1.93. The van der Waals surface area contributed by atoms with Gasteiger partial charge in [0.1, 0.15) is 5.75 Å². The molecule has 0 aliphatic rings. The lowest BCUT2D eigenvalue weighted by atomic mass is 10.1. The molecular weight excluding hydrogens is 412 g/mol. The summed E-state index contributed by atoms with van der Waals surface area (Å²) in [5.74, 6) is 0.151. The van der Waals surface area contributed by atoms with Gasteiger partial charge >= 0.3 is 0 Å². The number of methoxy groups -OCH3 is 1. The fraction of sp³-hybridized carbons (Fsp3) is 0.261. The molecule has 1 N–H and O–H groups in total. The SMILES string of the molecule is COc1cccc(C(=O)N=c2sccn2Cc2ccccc2C(=O)NCCN(C)C)c1. The van der Waals surface area contributed by atoms with Crippen molar-refractivity contribution in [2.45, 2.75) is 6.54 Å². The minimum absolute atomic E-state index is 0.112. The highest BCUT2D eigenvalue weighted by molar-refractivity contribution is 7.07. The molecular formula is C23H26N4O3S. The molecule has 0 fully saturated rings. The molecule has 0 spiro atoms. The van der Waals surface area contributed by atoms with Crippen LogP contribution in [0.3, 0.4) is 0 Å². The van der Waals surface area contributed by atoms with Gasteiger partial charge in [-0.25, -0.2) is 0 Å². The summed E-state index contributed by atoms with van der Waals surface area (Å²) >= 11 is 1.37. The maximum atomic E-state index is 12.7.